The average molecular weight is 821 g/mol. The Morgan fingerprint density at radius 3 is 0.732 bits per heavy atom. The number of ether oxygens (including phenoxy) is 12. The summed E-state index contributed by atoms with van der Waals surface area (Å²) in [6, 6.07) is 0. The molecule has 0 fully saturated rings. The standard InChI is InChI=1S/C34H60O22/c1-22(35)30(40)52-8-6-45-16-27(49-10-13-54-32(42)24(3)37)18-47-20-29(51-12-15-56-34(44)26(5)39)21-48-19-28(50-11-14-55-33(43)25(4)38)17-46-7-9-53-31(41)23(2)36/h22-29,35-39H,6-21H2,1-5H3. The summed E-state index contributed by atoms with van der Waals surface area (Å²) in [5.74, 6) is -4.17. The normalized spacial score (nSPS) is 15.7. The number of carbonyl (C=O) groups excluding carboxylic acids is 5. The van der Waals surface area contributed by atoms with Gasteiger partial charge in [-0.15, -0.1) is 0 Å². The maximum Gasteiger partial charge on any atom is 0.334 e. The number of hydrogen-bond donors (Lipinski definition) is 5. The van der Waals surface area contributed by atoms with Gasteiger partial charge in [-0.25, -0.2) is 24.0 Å². The molecule has 0 radical (unpaired) electrons. The number of esters is 5. The van der Waals surface area contributed by atoms with E-state index < -0.39 is 78.7 Å². The van der Waals surface area contributed by atoms with Crippen LogP contribution >= 0.6 is 0 Å². The van der Waals surface area contributed by atoms with Crippen LogP contribution in [0.25, 0.3) is 0 Å². The summed E-state index contributed by atoms with van der Waals surface area (Å²) in [5.41, 5.74) is 0. The van der Waals surface area contributed by atoms with Crippen molar-refractivity contribution in [3.8, 4) is 0 Å². The lowest BCUT2D eigenvalue weighted by atomic mass is 10.3. The first-order valence-corrected chi connectivity index (χ1v) is 17.9. The molecule has 328 valence electrons. The van der Waals surface area contributed by atoms with Crippen LogP contribution in [-0.4, -0.2) is 210 Å². The maximum absolute atomic E-state index is 11.6. The Balaban J connectivity index is 5.38. The van der Waals surface area contributed by atoms with Gasteiger partial charge < -0.3 is 82.4 Å². The Morgan fingerprint density at radius 2 is 0.518 bits per heavy atom. The first-order valence-electron chi connectivity index (χ1n) is 17.9. The van der Waals surface area contributed by atoms with Crippen LogP contribution in [0.1, 0.15) is 34.6 Å². The van der Waals surface area contributed by atoms with Gasteiger partial charge in [0.05, 0.1) is 72.7 Å². The van der Waals surface area contributed by atoms with Gasteiger partial charge in [-0.2, -0.15) is 0 Å². The lowest BCUT2D eigenvalue weighted by molar-refractivity contribution is -0.159. The molecular weight excluding hydrogens is 760 g/mol. The molecule has 0 aliphatic rings. The minimum absolute atomic E-state index is 0.0386. The van der Waals surface area contributed by atoms with E-state index >= 15 is 0 Å². The van der Waals surface area contributed by atoms with Gasteiger partial charge in [-0.3, -0.25) is 0 Å². The maximum atomic E-state index is 11.6. The smallest absolute Gasteiger partial charge is 0.334 e. The zero-order valence-corrected chi connectivity index (χ0v) is 32.6. The van der Waals surface area contributed by atoms with Crippen LogP contribution in [-0.2, 0) is 80.8 Å². The Labute approximate surface area is 325 Å². The third kappa shape index (κ3) is 29.2. The predicted molar refractivity (Wildman–Crippen MR) is 186 cm³/mol. The fourth-order valence-corrected chi connectivity index (χ4v) is 3.60. The molecule has 0 saturated heterocycles. The molecule has 0 saturated carbocycles. The van der Waals surface area contributed by atoms with Crippen molar-refractivity contribution in [3.05, 3.63) is 0 Å². The first kappa shape index (κ1) is 52.9. The van der Waals surface area contributed by atoms with Crippen LogP contribution in [0.4, 0.5) is 0 Å². The van der Waals surface area contributed by atoms with Crippen molar-refractivity contribution in [1.82, 2.24) is 0 Å². The van der Waals surface area contributed by atoms with E-state index in [2.05, 4.69) is 0 Å². The summed E-state index contributed by atoms with van der Waals surface area (Å²) in [4.78, 5) is 57.7. The Hall–Kier alpha value is -3.13. The summed E-state index contributed by atoms with van der Waals surface area (Å²) < 4.78 is 64.3. The number of rotatable bonds is 35. The van der Waals surface area contributed by atoms with Crippen molar-refractivity contribution >= 4 is 29.8 Å². The van der Waals surface area contributed by atoms with E-state index in [4.69, 9.17) is 56.8 Å². The van der Waals surface area contributed by atoms with Crippen LogP contribution < -0.4 is 0 Å². The van der Waals surface area contributed by atoms with Gasteiger partial charge in [-0.1, -0.05) is 0 Å². The van der Waals surface area contributed by atoms with Crippen molar-refractivity contribution < 1.29 is 106 Å². The molecule has 56 heavy (non-hydrogen) atoms. The van der Waals surface area contributed by atoms with E-state index in [1.165, 1.54) is 34.6 Å². The van der Waals surface area contributed by atoms with Crippen LogP contribution in [0.15, 0.2) is 0 Å². The molecule has 0 aromatic carbocycles. The summed E-state index contributed by atoms with van der Waals surface area (Å²) in [7, 11) is 0. The fourth-order valence-electron chi connectivity index (χ4n) is 3.60. The van der Waals surface area contributed by atoms with Gasteiger partial charge in [0.25, 0.3) is 0 Å². The van der Waals surface area contributed by atoms with E-state index in [0.717, 1.165) is 0 Å². The molecule has 22 nitrogen and oxygen atoms in total. The second-order valence-electron chi connectivity index (χ2n) is 11.9. The van der Waals surface area contributed by atoms with Gasteiger partial charge >= 0.3 is 29.8 Å². The highest BCUT2D eigenvalue weighted by Gasteiger charge is 2.19. The first-order chi connectivity index (χ1) is 26.5. The Kier molecular flexibility index (Phi) is 31.1. The van der Waals surface area contributed by atoms with Gasteiger partial charge in [0.2, 0.25) is 0 Å². The number of hydrogen-bond acceptors (Lipinski definition) is 22. The van der Waals surface area contributed by atoms with E-state index in [1.807, 2.05) is 0 Å². The molecule has 0 spiro atoms. The van der Waals surface area contributed by atoms with Gasteiger partial charge in [0.1, 0.15) is 81.9 Å². The fraction of sp³-hybridized carbons (Fsp3) is 0.853. The van der Waals surface area contributed by atoms with E-state index in [0.29, 0.717) is 0 Å². The molecule has 0 bridgehead atoms. The predicted octanol–water partition coefficient (Wildman–Crippen LogP) is -3.17. The lowest BCUT2D eigenvalue weighted by Gasteiger charge is -2.23. The molecular formula is C34H60O22. The summed E-state index contributed by atoms with van der Waals surface area (Å²) in [6.07, 6.45) is -8.82. The van der Waals surface area contributed by atoms with Crippen LogP contribution in [0.5, 0.6) is 0 Å². The summed E-state index contributed by atoms with van der Waals surface area (Å²) in [5, 5.41) is 46.5. The van der Waals surface area contributed by atoms with Crippen LogP contribution in [0.3, 0.4) is 0 Å². The number of carbonyl (C=O) groups is 5. The number of aliphatic hydroxyl groups is 5. The minimum atomic E-state index is -1.34. The molecule has 5 N–H and O–H groups in total. The van der Waals surface area contributed by atoms with E-state index in [-0.39, 0.29) is 106 Å². The molecule has 7 unspecified atom stereocenters. The van der Waals surface area contributed by atoms with Crippen molar-refractivity contribution in [3.63, 3.8) is 0 Å². The quantitative estimate of drug-likeness (QED) is 0.0239. The molecule has 7 atom stereocenters. The van der Waals surface area contributed by atoms with Crippen molar-refractivity contribution in [2.24, 2.45) is 0 Å². The van der Waals surface area contributed by atoms with Crippen LogP contribution in [0.2, 0.25) is 0 Å². The Bertz CT molecular complexity index is 999. The van der Waals surface area contributed by atoms with Gasteiger partial charge in [-0.05, 0) is 34.6 Å². The Morgan fingerprint density at radius 1 is 0.321 bits per heavy atom. The molecule has 0 aromatic rings. The average Bonchev–Trinajstić information content (AvgIpc) is 3.14. The second-order valence-corrected chi connectivity index (χ2v) is 11.9. The van der Waals surface area contributed by atoms with Crippen molar-refractivity contribution in [1.29, 1.82) is 0 Å². The molecule has 0 amide bonds. The zero-order chi connectivity index (χ0) is 42.3. The minimum Gasteiger partial charge on any atom is -0.461 e. The summed E-state index contributed by atoms with van der Waals surface area (Å²) >= 11 is 0. The van der Waals surface area contributed by atoms with E-state index in [1.54, 1.807) is 0 Å². The molecule has 0 aromatic heterocycles. The van der Waals surface area contributed by atoms with Gasteiger partial charge in [0, 0.05) is 0 Å². The lowest BCUT2D eigenvalue weighted by Crippen LogP contribution is -2.34. The highest BCUT2D eigenvalue weighted by molar-refractivity contribution is 5.75. The highest BCUT2D eigenvalue weighted by atomic mass is 16.6. The molecule has 22 heteroatoms. The van der Waals surface area contributed by atoms with Crippen molar-refractivity contribution in [2.45, 2.75) is 83.5 Å². The molecule has 0 aliphatic carbocycles. The van der Waals surface area contributed by atoms with Gasteiger partial charge in [0.15, 0.2) is 0 Å². The molecule has 0 heterocycles. The van der Waals surface area contributed by atoms with E-state index in [9.17, 15) is 49.5 Å². The molecule has 0 aliphatic heterocycles. The zero-order valence-electron chi connectivity index (χ0n) is 32.6. The topological polar surface area (TPSA) is 297 Å². The summed E-state index contributed by atoms with van der Waals surface area (Å²) in [6.45, 7) is 4.57. The van der Waals surface area contributed by atoms with Crippen molar-refractivity contribution in [2.75, 3.05) is 106 Å². The highest BCUT2D eigenvalue weighted by Crippen LogP contribution is 2.04. The molecule has 0 rings (SSSR count). The van der Waals surface area contributed by atoms with Crippen LogP contribution in [0, 0.1) is 0 Å². The third-order valence-electron chi connectivity index (χ3n) is 6.52. The third-order valence-corrected chi connectivity index (χ3v) is 6.52. The number of aliphatic hydroxyl groups excluding tert-OH is 5. The monoisotopic (exact) mass is 820 g/mol. The second kappa shape index (κ2) is 32.9. The SMILES string of the molecule is CC(O)C(=O)OCCOCC(COCC(COCC(COCCOC(=O)C(C)O)OCCOC(=O)C(C)O)OCCOC(=O)C(C)O)OCCOC(=O)C(C)O. The largest absolute Gasteiger partial charge is 0.461 e.